The predicted molar refractivity (Wildman–Crippen MR) is 83.8 cm³/mol. The molecule has 0 aromatic carbocycles. The lowest BCUT2D eigenvalue weighted by molar-refractivity contribution is 0.295. The van der Waals surface area contributed by atoms with Crippen LogP contribution in [0.15, 0.2) is 12.1 Å². The molecule has 4 nitrogen and oxygen atoms in total. The molecule has 1 N–H and O–H groups in total. The maximum atomic E-state index is 8.97. The first kappa shape index (κ1) is 16.5. The second-order valence-electron chi connectivity index (χ2n) is 5.21. The smallest absolute Gasteiger partial charge is 0.127 e. The number of nitrogens with one attached hydrogen (secondary N) is 1. The van der Waals surface area contributed by atoms with Gasteiger partial charge >= 0.3 is 0 Å². The summed E-state index contributed by atoms with van der Waals surface area (Å²) in [6.07, 6.45) is 2.28. The third-order valence-corrected chi connectivity index (χ3v) is 3.48. The fourth-order valence-corrected chi connectivity index (χ4v) is 2.29. The Kier molecular flexibility index (Phi) is 7.03. The Hall–Kier alpha value is -1.60. The van der Waals surface area contributed by atoms with Crippen LogP contribution >= 0.6 is 0 Å². The van der Waals surface area contributed by atoms with Gasteiger partial charge in [-0.15, -0.1) is 0 Å². The lowest BCUT2D eigenvalue weighted by atomic mass is 10.1. The highest BCUT2D eigenvalue weighted by molar-refractivity contribution is 5.44. The van der Waals surface area contributed by atoms with Crippen LogP contribution in [-0.2, 0) is 0 Å². The zero-order valence-corrected chi connectivity index (χ0v) is 13.1. The number of hydrogen-bond donors (Lipinski definition) is 1. The molecule has 0 radical (unpaired) electrons. The van der Waals surface area contributed by atoms with Gasteiger partial charge in [0.15, 0.2) is 0 Å². The van der Waals surface area contributed by atoms with E-state index < -0.39 is 0 Å². The molecule has 1 rings (SSSR count). The van der Waals surface area contributed by atoms with Gasteiger partial charge in [-0.1, -0.05) is 13.8 Å². The summed E-state index contributed by atoms with van der Waals surface area (Å²) in [5, 5.41) is 12.4. The van der Waals surface area contributed by atoms with E-state index in [1.165, 1.54) is 6.42 Å². The van der Waals surface area contributed by atoms with Gasteiger partial charge in [0.05, 0.1) is 11.6 Å². The molecule has 0 saturated carbocycles. The van der Waals surface area contributed by atoms with E-state index in [1.807, 2.05) is 13.0 Å². The summed E-state index contributed by atoms with van der Waals surface area (Å²) in [7, 11) is 0. The molecule has 0 amide bonds. The molecule has 110 valence electrons. The summed E-state index contributed by atoms with van der Waals surface area (Å²) in [5.41, 5.74) is 1.54. The molecule has 0 aliphatic heterocycles. The molecule has 0 saturated heterocycles. The molecule has 0 bridgehead atoms. The van der Waals surface area contributed by atoms with Gasteiger partial charge in [-0.05, 0) is 58.5 Å². The molecule has 1 heterocycles. The van der Waals surface area contributed by atoms with Gasteiger partial charge in [0.2, 0.25) is 0 Å². The highest BCUT2D eigenvalue weighted by Crippen LogP contribution is 2.12. The highest BCUT2D eigenvalue weighted by atomic mass is 15.1. The van der Waals surface area contributed by atoms with Crippen LogP contribution in [0, 0.1) is 18.3 Å². The lowest BCUT2D eigenvalue weighted by Crippen LogP contribution is -2.25. The first-order chi connectivity index (χ1) is 9.58. The normalized spacial score (nSPS) is 12.2. The number of hydrogen-bond acceptors (Lipinski definition) is 4. The second kappa shape index (κ2) is 8.55. The zero-order chi connectivity index (χ0) is 15.0. The van der Waals surface area contributed by atoms with E-state index in [2.05, 4.69) is 42.0 Å². The molecule has 0 aliphatic rings. The van der Waals surface area contributed by atoms with Crippen molar-refractivity contribution in [3.8, 4) is 6.07 Å². The van der Waals surface area contributed by atoms with Crippen LogP contribution in [0.3, 0.4) is 0 Å². The maximum Gasteiger partial charge on any atom is 0.127 e. The van der Waals surface area contributed by atoms with Crippen LogP contribution in [0.1, 0.15) is 44.9 Å². The van der Waals surface area contributed by atoms with Crippen LogP contribution in [0.5, 0.6) is 0 Å². The fraction of sp³-hybridized carbons (Fsp3) is 0.625. The molecule has 0 fully saturated rings. The number of nitrogens with zero attached hydrogens (tertiary/aromatic N) is 3. The number of nitriles is 1. The molecular weight excluding hydrogens is 248 g/mol. The minimum atomic E-state index is 0.367. The van der Waals surface area contributed by atoms with E-state index in [-0.39, 0.29) is 0 Å². The summed E-state index contributed by atoms with van der Waals surface area (Å²) in [5.74, 6) is 0.803. The van der Waals surface area contributed by atoms with Gasteiger partial charge in [-0.3, -0.25) is 0 Å². The monoisotopic (exact) mass is 274 g/mol. The Morgan fingerprint density at radius 2 is 2.05 bits per heavy atom. The third-order valence-electron chi connectivity index (χ3n) is 3.48. The molecular formula is C16H26N4. The summed E-state index contributed by atoms with van der Waals surface area (Å²) in [6.45, 7) is 11.8. The molecule has 0 aliphatic carbocycles. The zero-order valence-electron chi connectivity index (χ0n) is 13.1. The summed E-state index contributed by atoms with van der Waals surface area (Å²) < 4.78 is 0. The van der Waals surface area contributed by atoms with Crippen molar-refractivity contribution in [2.75, 3.05) is 25.0 Å². The van der Waals surface area contributed by atoms with Crippen LogP contribution < -0.4 is 5.32 Å². The Bertz CT molecular complexity index is 446. The summed E-state index contributed by atoms with van der Waals surface area (Å²) in [6, 6.07) is 6.15. The van der Waals surface area contributed by atoms with Gasteiger partial charge in [0, 0.05) is 11.7 Å². The molecule has 1 aromatic rings. The topological polar surface area (TPSA) is 52.0 Å². The number of aromatic nitrogens is 1. The minimum Gasteiger partial charge on any atom is -0.368 e. The predicted octanol–water partition coefficient (Wildman–Crippen LogP) is 3.18. The van der Waals surface area contributed by atoms with Crippen LogP contribution in [0.4, 0.5) is 5.82 Å². The van der Waals surface area contributed by atoms with Crippen molar-refractivity contribution in [2.24, 2.45) is 0 Å². The molecule has 0 spiro atoms. The number of rotatable bonds is 8. The van der Waals surface area contributed by atoms with E-state index in [0.717, 1.165) is 37.6 Å². The number of anilines is 1. The standard InChI is InChI=1S/C16H26N4/c1-5-20(6-2)9-7-8-13(3)18-16-11-15(12-17)10-14(4)19-16/h10-11,13H,5-9H2,1-4H3,(H,18,19). The quantitative estimate of drug-likeness (QED) is 0.791. The van der Waals surface area contributed by atoms with Crippen molar-refractivity contribution >= 4 is 5.82 Å². The van der Waals surface area contributed by atoms with E-state index in [9.17, 15) is 0 Å². The third kappa shape index (κ3) is 5.58. The van der Waals surface area contributed by atoms with Gasteiger partial charge < -0.3 is 10.2 Å². The van der Waals surface area contributed by atoms with Crippen molar-refractivity contribution < 1.29 is 0 Å². The van der Waals surface area contributed by atoms with Gasteiger partial charge in [-0.2, -0.15) is 5.26 Å². The minimum absolute atomic E-state index is 0.367. The van der Waals surface area contributed by atoms with Crippen LogP contribution in [0.25, 0.3) is 0 Å². The second-order valence-corrected chi connectivity index (χ2v) is 5.21. The Morgan fingerprint density at radius 3 is 2.65 bits per heavy atom. The van der Waals surface area contributed by atoms with E-state index in [0.29, 0.717) is 11.6 Å². The first-order valence-corrected chi connectivity index (χ1v) is 7.46. The first-order valence-electron chi connectivity index (χ1n) is 7.46. The Labute approximate surface area is 122 Å². The van der Waals surface area contributed by atoms with Crippen LogP contribution in [-0.4, -0.2) is 35.6 Å². The maximum absolute atomic E-state index is 8.97. The van der Waals surface area contributed by atoms with Crippen molar-refractivity contribution in [1.82, 2.24) is 9.88 Å². The van der Waals surface area contributed by atoms with Crippen molar-refractivity contribution in [1.29, 1.82) is 5.26 Å². The van der Waals surface area contributed by atoms with Gasteiger partial charge in [-0.25, -0.2) is 4.98 Å². The Morgan fingerprint density at radius 1 is 1.35 bits per heavy atom. The van der Waals surface area contributed by atoms with Gasteiger partial charge in [0.1, 0.15) is 5.82 Å². The van der Waals surface area contributed by atoms with Gasteiger partial charge in [0.25, 0.3) is 0 Å². The lowest BCUT2D eigenvalue weighted by Gasteiger charge is -2.20. The van der Waals surface area contributed by atoms with Crippen LogP contribution in [0.2, 0.25) is 0 Å². The van der Waals surface area contributed by atoms with Crippen molar-refractivity contribution in [3.63, 3.8) is 0 Å². The number of pyridine rings is 1. The summed E-state index contributed by atoms with van der Waals surface area (Å²) in [4.78, 5) is 6.86. The molecule has 20 heavy (non-hydrogen) atoms. The Balaban J connectivity index is 2.44. The van der Waals surface area contributed by atoms with E-state index >= 15 is 0 Å². The summed E-state index contributed by atoms with van der Waals surface area (Å²) >= 11 is 0. The fourth-order valence-electron chi connectivity index (χ4n) is 2.29. The molecule has 1 atom stereocenters. The van der Waals surface area contributed by atoms with E-state index in [1.54, 1.807) is 6.07 Å². The SMILES string of the molecule is CCN(CC)CCCC(C)Nc1cc(C#N)cc(C)n1. The van der Waals surface area contributed by atoms with E-state index in [4.69, 9.17) is 5.26 Å². The highest BCUT2D eigenvalue weighted by Gasteiger charge is 2.06. The largest absolute Gasteiger partial charge is 0.368 e. The van der Waals surface area contributed by atoms with Crippen molar-refractivity contribution in [2.45, 2.75) is 46.6 Å². The molecule has 1 unspecified atom stereocenters. The molecule has 1 aromatic heterocycles. The average molecular weight is 274 g/mol. The molecule has 4 heteroatoms. The van der Waals surface area contributed by atoms with Crippen molar-refractivity contribution in [3.05, 3.63) is 23.4 Å². The number of aryl methyl sites for hydroxylation is 1. The average Bonchev–Trinajstić information content (AvgIpc) is 2.42.